The highest BCUT2D eigenvalue weighted by atomic mass is 16.7. The number of unbranched alkanes of at least 4 members (excludes halogenated alkanes) is 12. The molecule has 1 aliphatic rings. The fourth-order valence-electron chi connectivity index (χ4n) is 7.51. The molecule has 372 valence electrons. The molecule has 0 saturated carbocycles. The van der Waals surface area contributed by atoms with Crippen LogP contribution in [0.1, 0.15) is 202 Å². The minimum absolute atomic E-state index is 0.00672. The second-order valence-electron chi connectivity index (χ2n) is 17.5. The SMILES string of the molecule is CC/C=C\CCCCOC(CCC(=O)OCC(COC(=O)CCCCCCC(=O)OC(CC)CCCCCCCC)COC(=O)OCC1CCCN(CC)C1)OCCCC/C=C\CC. The van der Waals surface area contributed by atoms with Gasteiger partial charge in [0.1, 0.15) is 25.9 Å². The van der Waals surface area contributed by atoms with Crippen molar-refractivity contribution in [3.63, 3.8) is 0 Å². The largest absolute Gasteiger partial charge is 0.508 e. The minimum Gasteiger partial charge on any atom is -0.465 e. The summed E-state index contributed by atoms with van der Waals surface area (Å²) in [5.74, 6) is -1.27. The van der Waals surface area contributed by atoms with Gasteiger partial charge >= 0.3 is 24.1 Å². The van der Waals surface area contributed by atoms with E-state index in [0.29, 0.717) is 38.9 Å². The molecule has 0 bridgehead atoms. The number of rotatable bonds is 42. The first-order chi connectivity index (χ1) is 31.2. The summed E-state index contributed by atoms with van der Waals surface area (Å²) in [5.41, 5.74) is 0. The van der Waals surface area contributed by atoms with Crippen LogP contribution in [0.2, 0.25) is 0 Å². The molecule has 0 radical (unpaired) electrons. The molecule has 1 aliphatic heterocycles. The van der Waals surface area contributed by atoms with E-state index in [1.165, 1.54) is 32.1 Å². The van der Waals surface area contributed by atoms with Gasteiger partial charge in [-0.2, -0.15) is 0 Å². The molecule has 0 aromatic heterocycles. The third kappa shape index (κ3) is 35.3. The molecular weight excluding hydrogens is 815 g/mol. The lowest BCUT2D eigenvalue weighted by Crippen LogP contribution is -2.37. The van der Waals surface area contributed by atoms with Gasteiger partial charge in [-0.25, -0.2) is 4.79 Å². The Morgan fingerprint density at radius 2 is 1.17 bits per heavy atom. The summed E-state index contributed by atoms with van der Waals surface area (Å²) < 4.78 is 40.0. The van der Waals surface area contributed by atoms with Crippen LogP contribution in [-0.2, 0) is 47.5 Å². The van der Waals surface area contributed by atoms with Crippen LogP contribution in [0.3, 0.4) is 0 Å². The second kappa shape index (κ2) is 42.7. The normalized spacial score (nSPS) is 15.4. The maximum absolute atomic E-state index is 13.0. The van der Waals surface area contributed by atoms with E-state index >= 15 is 0 Å². The van der Waals surface area contributed by atoms with Crippen molar-refractivity contribution in [2.45, 2.75) is 214 Å². The average Bonchev–Trinajstić information content (AvgIpc) is 3.30. The molecule has 0 aromatic carbocycles. The van der Waals surface area contributed by atoms with Crippen molar-refractivity contribution in [1.82, 2.24) is 4.90 Å². The standard InChI is InChI=1S/C52H93NO11/c1-6-11-14-17-20-25-32-47(9-4)64-50(56)34-27-22-21-26-33-48(54)60-42-46(44-63-52(57)62-41-45-31-30-37-53(10-5)40-45)43-61-49(55)35-36-51(58-38-28-23-18-15-12-7-2)59-39-29-24-19-16-13-8-3/h12-13,15-16,45-47,51H,6-11,14,17-44H2,1-5H3/b15-12-,16-13-. The van der Waals surface area contributed by atoms with Gasteiger partial charge in [0.15, 0.2) is 6.29 Å². The van der Waals surface area contributed by atoms with Gasteiger partial charge in [-0.05, 0) is 109 Å². The molecule has 1 heterocycles. The minimum atomic E-state index is -0.789. The van der Waals surface area contributed by atoms with E-state index in [1.54, 1.807) is 0 Å². The summed E-state index contributed by atoms with van der Waals surface area (Å²) in [6.07, 6.45) is 30.5. The van der Waals surface area contributed by atoms with Gasteiger partial charge in [-0.1, -0.05) is 104 Å². The van der Waals surface area contributed by atoms with Crippen molar-refractivity contribution < 1.29 is 52.3 Å². The zero-order chi connectivity index (χ0) is 46.7. The summed E-state index contributed by atoms with van der Waals surface area (Å²) in [4.78, 5) is 53.2. The van der Waals surface area contributed by atoms with Crippen molar-refractivity contribution >= 4 is 24.1 Å². The van der Waals surface area contributed by atoms with Crippen LogP contribution >= 0.6 is 0 Å². The van der Waals surface area contributed by atoms with E-state index < -0.39 is 24.3 Å². The van der Waals surface area contributed by atoms with Gasteiger partial charge in [-0.3, -0.25) is 14.4 Å². The maximum Gasteiger partial charge on any atom is 0.508 e. The molecule has 12 nitrogen and oxygen atoms in total. The highest BCUT2D eigenvalue weighted by Gasteiger charge is 2.23. The molecule has 3 unspecified atom stereocenters. The number of nitrogens with zero attached hydrogens (tertiary/aromatic N) is 1. The Hall–Kier alpha value is -2.96. The zero-order valence-electron chi connectivity index (χ0n) is 41.3. The van der Waals surface area contributed by atoms with Crippen molar-refractivity contribution in [3.8, 4) is 0 Å². The number of hydrogen-bond acceptors (Lipinski definition) is 12. The predicted octanol–water partition coefficient (Wildman–Crippen LogP) is 12.4. The first-order valence-corrected chi connectivity index (χ1v) is 25.8. The summed E-state index contributed by atoms with van der Waals surface area (Å²) in [5, 5.41) is 0. The summed E-state index contributed by atoms with van der Waals surface area (Å²) in [6, 6.07) is 0. The summed E-state index contributed by atoms with van der Waals surface area (Å²) in [6.45, 7) is 14.6. The van der Waals surface area contributed by atoms with Gasteiger partial charge in [0.25, 0.3) is 0 Å². The number of likely N-dealkylation sites (tertiary alicyclic amines) is 1. The fourth-order valence-corrected chi connectivity index (χ4v) is 7.51. The molecular formula is C52H93NO11. The van der Waals surface area contributed by atoms with Crippen molar-refractivity contribution in [2.24, 2.45) is 11.8 Å². The van der Waals surface area contributed by atoms with Crippen molar-refractivity contribution in [2.75, 3.05) is 59.3 Å². The monoisotopic (exact) mass is 908 g/mol. The van der Waals surface area contributed by atoms with Crippen LogP contribution in [0.25, 0.3) is 0 Å². The maximum atomic E-state index is 13.0. The number of piperidine rings is 1. The third-order valence-electron chi connectivity index (χ3n) is 11.6. The molecule has 1 rings (SSSR count). The van der Waals surface area contributed by atoms with Crippen molar-refractivity contribution in [1.29, 1.82) is 0 Å². The Morgan fingerprint density at radius 1 is 0.594 bits per heavy atom. The Bertz CT molecular complexity index is 1190. The van der Waals surface area contributed by atoms with Gasteiger partial charge in [0, 0.05) is 44.9 Å². The molecule has 12 heteroatoms. The summed E-state index contributed by atoms with van der Waals surface area (Å²) in [7, 11) is 0. The van der Waals surface area contributed by atoms with Crippen LogP contribution < -0.4 is 0 Å². The number of ether oxygens (including phenoxy) is 7. The number of carbonyl (C=O) groups excluding carboxylic acids is 4. The van der Waals surface area contributed by atoms with Gasteiger partial charge < -0.3 is 38.1 Å². The van der Waals surface area contributed by atoms with E-state index in [2.05, 4.69) is 63.8 Å². The van der Waals surface area contributed by atoms with Gasteiger partial charge in [0.2, 0.25) is 0 Å². The molecule has 1 saturated heterocycles. The number of esters is 3. The Kier molecular flexibility index (Phi) is 39.4. The van der Waals surface area contributed by atoms with E-state index in [0.717, 1.165) is 116 Å². The smallest absolute Gasteiger partial charge is 0.465 e. The van der Waals surface area contributed by atoms with Crippen LogP contribution in [0.15, 0.2) is 24.3 Å². The molecule has 64 heavy (non-hydrogen) atoms. The second-order valence-corrected chi connectivity index (χ2v) is 17.5. The van der Waals surface area contributed by atoms with Crippen LogP contribution in [0.5, 0.6) is 0 Å². The predicted molar refractivity (Wildman–Crippen MR) is 255 cm³/mol. The van der Waals surface area contributed by atoms with Crippen LogP contribution in [0, 0.1) is 11.8 Å². The average molecular weight is 908 g/mol. The molecule has 0 spiro atoms. The Labute approximate surface area is 389 Å². The molecule has 0 aliphatic carbocycles. The number of allylic oxidation sites excluding steroid dienone is 4. The summed E-state index contributed by atoms with van der Waals surface area (Å²) >= 11 is 0. The lowest BCUT2D eigenvalue weighted by atomic mass is 9.99. The van der Waals surface area contributed by atoms with Crippen LogP contribution in [0.4, 0.5) is 4.79 Å². The molecule has 0 aromatic rings. The topological polar surface area (TPSA) is 136 Å². The van der Waals surface area contributed by atoms with Crippen LogP contribution in [-0.4, -0.2) is 101 Å². The first-order valence-electron chi connectivity index (χ1n) is 25.8. The quantitative estimate of drug-likeness (QED) is 0.0190. The van der Waals surface area contributed by atoms with E-state index in [1.807, 2.05) is 0 Å². The lowest BCUT2D eigenvalue weighted by Gasteiger charge is -2.31. The third-order valence-corrected chi connectivity index (χ3v) is 11.6. The fraction of sp³-hybridized carbons (Fsp3) is 0.846. The number of carbonyl (C=O) groups is 4. The lowest BCUT2D eigenvalue weighted by molar-refractivity contribution is -0.161. The highest BCUT2D eigenvalue weighted by Crippen LogP contribution is 2.18. The highest BCUT2D eigenvalue weighted by molar-refractivity contribution is 5.70. The van der Waals surface area contributed by atoms with E-state index in [-0.39, 0.29) is 63.2 Å². The Morgan fingerprint density at radius 3 is 1.78 bits per heavy atom. The molecule has 0 amide bonds. The van der Waals surface area contributed by atoms with Gasteiger partial charge in [-0.15, -0.1) is 0 Å². The Balaban J connectivity index is 2.60. The van der Waals surface area contributed by atoms with E-state index in [4.69, 9.17) is 33.2 Å². The zero-order valence-corrected chi connectivity index (χ0v) is 41.3. The molecule has 0 N–H and O–H groups in total. The number of hydrogen-bond donors (Lipinski definition) is 0. The molecule has 1 fully saturated rings. The van der Waals surface area contributed by atoms with E-state index in [9.17, 15) is 19.2 Å². The molecule has 3 atom stereocenters. The first kappa shape index (κ1) is 59.1. The van der Waals surface area contributed by atoms with Gasteiger partial charge in [0.05, 0.1) is 18.9 Å². The van der Waals surface area contributed by atoms with Crippen molar-refractivity contribution in [3.05, 3.63) is 24.3 Å².